The quantitative estimate of drug-likeness (QED) is 0.577. The molecule has 2 atom stereocenters. The summed E-state index contributed by atoms with van der Waals surface area (Å²) in [5, 5.41) is 24.6. The number of halogens is 1. The van der Waals surface area contributed by atoms with E-state index in [0.29, 0.717) is 17.1 Å². The molecular formula is C21H23ClN2O3. The fraction of sp³-hybridized carbons (Fsp3) is 0.286. The first kappa shape index (κ1) is 19.4. The van der Waals surface area contributed by atoms with Crippen LogP contribution >= 0.6 is 11.6 Å². The van der Waals surface area contributed by atoms with E-state index < -0.39 is 12.1 Å². The van der Waals surface area contributed by atoms with Crippen LogP contribution < -0.4 is 5.32 Å². The zero-order chi connectivity index (χ0) is 19.6. The molecule has 0 saturated heterocycles. The summed E-state index contributed by atoms with van der Waals surface area (Å²) >= 11 is 5.98. The van der Waals surface area contributed by atoms with Crippen molar-refractivity contribution in [2.75, 3.05) is 6.54 Å². The van der Waals surface area contributed by atoms with Crippen LogP contribution in [0.25, 0.3) is 10.9 Å². The summed E-state index contributed by atoms with van der Waals surface area (Å²) in [6.07, 6.45) is 2.06. The summed E-state index contributed by atoms with van der Waals surface area (Å²) in [6, 6.07) is 12.7. The average Bonchev–Trinajstić information content (AvgIpc) is 2.95. The van der Waals surface area contributed by atoms with Gasteiger partial charge in [0, 0.05) is 36.2 Å². The van der Waals surface area contributed by atoms with Crippen LogP contribution in [0, 0.1) is 0 Å². The Balaban J connectivity index is 1.70. The normalized spacial score (nSPS) is 13.6. The van der Waals surface area contributed by atoms with Gasteiger partial charge >= 0.3 is 5.97 Å². The molecule has 27 heavy (non-hydrogen) atoms. The molecule has 142 valence electrons. The van der Waals surface area contributed by atoms with E-state index in [1.807, 2.05) is 42.9 Å². The molecule has 0 radical (unpaired) electrons. The minimum Gasteiger partial charge on any atom is -0.478 e. The summed E-state index contributed by atoms with van der Waals surface area (Å²) in [5.41, 5.74) is 2.88. The molecule has 0 spiro atoms. The Morgan fingerprint density at radius 1 is 1.26 bits per heavy atom. The van der Waals surface area contributed by atoms with Crippen molar-refractivity contribution in [2.24, 2.45) is 7.05 Å². The van der Waals surface area contributed by atoms with Crippen molar-refractivity contribution in [3.8, 4) is 0 Å². The largest absolute Gasteiger partial charge is 0.478 e. The predicted molar refractivity (Wildman–Crippen MR) is 107 cm³/mol. The van der Waals surface area contributed by atoms with Crippen molar-refractivity contribution >= 4 is 28.5 Å². The van der Waals surface area contributed by atoms with Crippen molar-refractivity contribution in [1.29, 1.82) is 0 Å². The van der Waals surface area contributed by atoms with Gasteiger partial charge in [0.25, 0.3) is 0 Å². The Kier molecular flexibility index (Phi) is 5.85. The number of nitrogens with zero attached hydrogens (tertiary/aromatic N) is 1. The molecule has 3 N–H and O–H groups in total. The predicted octanol–water partition coefficient (Wildman–Crippen LogP) is 3.78. The second-order valence-electron chi connectivity index (χ2n) is 6.86. The van der Waals surface area contributed by atoms with Gasteiger partial charge in [0.1, 0.15) is 0 Å². The number of aromatic nitrogens is 1. The molecule has 1 aromatic heterocycles. The molecule has 1 heterocycles. The number of fused-ring (bicyclic) bond motifs is 1. The summed E-state index contributed by atoms with van der Waals surface area (Å²) in [7, 11) is 1.86. The zero-order valence-electron chi connectivity index (χ0n) is 15.3. The second-order valence-corrected chi connectivity index (χ2v) is 7.29. The fourth-order valence-corrected chi connectivity index (χ4v) is 3.63. The van der Waals surface area contributed by atoms with E-state index in [4.69, 9.17) is 11.6 Å². The summed E-state index contributed by atoms with van der Waals surface area (Å²) in [5.74, 6) is -0.927. The lowest BCUT2D eigenvalue weighted by Crippen LogP contribution is -2.32. The van der Waals surface area contributed by atoms with Crippen molar-refractivity contribution in [1.82, 2.24) is 9.88 Å². The first-order valence-corrected chi connectivity index (χ1v) is 9.21. The number of aliphatic hydroxyl groups excluding tert-OH is 1. The van der Waals surface area contributed by atoms with E-state index in [9.17, 15) is 15.0 Å². The van der Waals surface area contributed by atoms with Crippen molar-refractivity contribution in [2.45, 2.75) is 25.5 Å². The van der Waals surface area contributed by atoms with Crippen LogP contribution in [0.4, 0.5) is 0 Å². The Labute approximate surface area is 163 Å². The number of carbonyl (C=O) groups is 1. The van der Waals surface area contributed by atoms with Crippen LogP contribution in [0.2, 0.25) is 5.02 Å². The lowest BCUT2D eigenvalue weighted by molar-refractivity contribution is 0.0698. The Morgan fingerprint density at radius 2 is 2.00 bits per heavy atom. The lowest BCUT2D eigenvalue weighted by Gasteiger charge is -2.17. The zero-order valence-corrected chi connectivity index (χ0v) is 16.1. The number of benzene rings is 2. The van der Waals surface area contributed by atoms with Crippen molar-refractivity contribution in [3.05, 3.63) is 70.4 Å². The molecule has 3 rings (SSSR count). The third-order valence-electron chi connectivity index (χ3n) is 4.73. The third kappa shape index (κ3) is 4.33. The molecule has 3 aromatic rings. The van der Waals surface area contributed by atoms with Gasteiger partial charge in [-0.1, -0.05) is 35.9 Å². The molecule has 2 aromatic carbocycles. The lowest BCUT2D eigenvalue weighted by atomic mass is 10.0. The number of carboxylic acid groups (broad SMARTS) is 1. The van der Waals surface area contributed by atoms with Gasteiger partial charge in [-0.3, -0.25) is 0 Å². The van der Waals surface area contributed by atoms with Gasteiger partial charge in [-0.2, -0.15) is 0 Å². The number of aryl methyl sites for hydroxylation is 1. The molecule has 0 fully saturated rings. The highest BCUT2D eigenvalue weighted by molar-refractivity contribution is 6.30. The number of carboxylic acids is 1. The van der Waals surface area contributed by atoms with Crippen molar-refractivity contribution in [3.63, 3.8) is 0 Å². The number of aromatic carboxylic acids is 1. The van der Waals surface area contributed by atoms with E-state index in [1.165, 1.54) is 0 Å². The maximum absolute atomic E-state index is 11.5. The van der Waals surface area contributed by atoms with Crippen LogP contribution in [0.15, 0.2) is 48.7 Å². The highest BCUT2D eigenvalue weighted by atomic mass is 35.5. The minimum absolute atomic E-state index is 0.109. The highest BCUT2D eigenvalue weighted by Gasteiger charge is 2.16. The van der Waals surface area contributed by atoms with Crippen LogP contribution in [-0.4, -0.2) is 33.3 Å². The van der Waals surface area contributed by atoms with Crippen LogP contribution in [0.3, 0.4) is 0 Å². The van der Waals surface area contributed by atoms with Gasteiger partial charge in [0.2, 0.25) is 0 Å². The van der Waals surface area contributed by atoms with E-state index in [0.717, 1.165) is 28.5 Å². The monoisotopic (exact) mass is 386 g/mol. The number of hydrogen-bond acceptors (Lipinski definition) is 3. The Bertz CT molecular complexity index is 967. The summed E-state index contributed by atoms with van der Waals surface area (Å²) in [6.45, 7) is 2.46. The summed E-state index contributed by atoms with van der Waals surface area (Å²) in [4.78, 5) is 11.5. The third-order valence-corrected chi connectivity index (χ3v) is 4.97. The van der Waals surface area contributed by atoms with Crippen molar-refractivity contribution < 1.29 is 15.0 Å². The van der Waals surface area contributed by atoms with E-state index in [2.05, 4.69) is 5.32 Å². The molecule has 0 saturated carbocycles. The van der Waals surface area contributed by atoms with Gasteiger partial charge in [0.05, 0.1) is 17.2 Å². The second kappa shape index (κ2) is 8.13. The van der Waals surface area contributed by atoms with Crippen LogP contribution in [-0.2, 0) is 13.5 Å². The summed E-state index contributed by atoms with van der Waals surface area (Å²) < 4.78 is 1.86. The number of para-hydroxylation sites is 1. The molecule has 0 amide bonds. The maximum Gasteiger partial charge on any atom is 0.337 e. The SMILES string of the molecule is CC(Cc1cn(C)c2c(C(=O)O)cccc12)NCC(O)c1cccc(Cl)c1. The van der Waals surface area contributed by atoms with E-state index >= 15 is 0 Å². The van der Waals surface area contributed by atoms with Gasteiger partial charge < -0.3 is 20.1 Å². The first-order chi connectivity index (χ1) is 12.9. The van der Waals surface area contributed by atoms with Gasteiger partial charge in [-0.15, -0.1) is 0 Å². The van der Waals surface area contributed by atoms with Crippen LogP contribution in [0.1, 0.15) is 34.5 Å². The number of nitrogens with one attached hydrogen (secondary N) is 1. The fourth-order valence-electron chi connectivity index (χ4n) is 3.43. The molecule has 5 nitrogen and oxygen atoms in total. The minimum atomic E-state index is -0.927. The molecule has 0 bridgehead atoms. The highest BCUT2D eigenvalue weighted by Crippen LogP contribution is 2.25. The molecule has 2 unspecified atom stereocenters. The average molecular weight is 387 g/mol. The number of aliphatic hydroxyl groups is 1. The van der Waals surface area contributed by atoms with Gasteiger partial charge in [-0.25, -0.2) is 4.79 Å². The topological polar surface area (TPSA) is 74.5 Å². The van der Waals surface area contributed by atoms with E-state index in [1.54, 1.807) is 24.3 Å². The van der Waals surface area contributed by atoms with Gasteiger partial charge in [0.15, 0.2) is 0 Å². The molecule has 6 heteroatoms. The molecule has 0 aliphatic rings. The number of rotatable bonds is 7. The molecular weight excluding hydrogens is 364 g/mol. The maximum atomic E-state index is 11.5. The van der Waals surface area contributed by atoms with Gasteiger partial charge in [-0.05, 0) is 42.7 Å². The van der Waals surface area contributed by atoms with Crippen LogP contribution in [0.5, 0.6) is 0 Å². The first-order valence-electron chi connectivity index (χ1n) is 8.84. The number of hydrogen-bond donors (Lipinski definition) is 3. The molecule has 0 aliphatic carbocycles. The standard InChI is InChI=1S/C21H23ClN2O3/c1-13(23-11-19(25)14-5-3-6-16(22)10-14)9-15-12-24(2)20-17(15)7-4-8-18(20)21(26)27/h3-8,10,12-13,19,23,25H,9,11H2,1-2H3,(H,26,27). The Hall–Kier alpha value is -2.34. The molecule has 0 aliphatic heterocycles. The smallest absolute Gasteiger partial charge is 0.337 e. The Morgan fingerprint density at radius 3 is 2.70 bits per heavy atom. The van der Waals surface area contributed by atoms with E-state index in [-0.39, 0.29) is 6.04 Å².